The molecule has 6 nitrogen and oxygen atoms in total. The quantitative estimate of drug-likeness (QED) is 0.695. The van der Waals surface area contributed by atoms with Gasteiger partial charge in [0.2, 0.25) is 0 Å². The Morgan fingerprint density at radius 1 is 1.35 bits per heavy atom. The van der Waals surface area contributed by atoms with Gasteiger partial charge < -0.3 is 10.2 Å². The molecule has 1 saturated heterocycles. The lowest BCUT2D eigenvalue weighted by Gasteiger charge is -2.35. The zero-order chi connectivity index (χ0) is 12.4. The van der Waals surface area contributed by atoms with Crippen LogP contribution in [0.1, 0.15) is 24.3 Å². The van der Waals surface area contributed by atoms with Gasteiger partial charge in [0.05, 0.1) is 0 Å². The van der Waals surface area contributed by atoms with Gasteiger partial charge in [0, 0.05) is 31.2 Å². The van der Waals surface area contributed by atoms with Crippen molar-refractivity contribution in [1.82, 2.24) is 20.4 Å². The van der Waals surface area contributed by atoms with Crippen molar-refractivity contribution in [1.29, 1.82) is 0 Å². The van der Waals surface area contributed by atoms with Crippen LogP contribution in [0, 0.1) is 0 Å². The fourth-order valence-electron chi connectivity index (χ4n) is 2.12. The minimum atomic E-state index is -0.302. The van der Waals surface area contributed by atoms with Crippen molar-refractivity contribution < 1.29 is 4.79 Å². The van der Waals surface area contributed by atoms with Crippen LogP contribution in [0.3, 0.4) is 0 Å². The minimum Gasteiger partial charge on any atom is -0.334 e. The molecular weight excluding hydrogens is 220 g/mol. The smallest absolute Gasteiger partial charge is 0.274 e. The molecule has 1 amide bonds. The van der Waals surface area contributed by atoms with E-state index in [1.807, 2.05) is 13.8 Å². The maximum absolute atomic E-state index is 12.1. The second kappa shape index (κ2) is 4.67. The molecule has 1 aromatic rings. The van der Waals surface area contributed by atoms with Crippen molar-refractivity contribution in [3.05, 3.63) is 28.2 Å². The zero-order valence-electron chi connectivity index (χ0n) is 9.93. The molecule has 0 saturated carbocycles. The molecule has 1 aliphatic heterocycles. The van der Waals surface area contributed by atoms with E-state index in [1.165, 1.54) is 12.1 Å². The molecule has 0 aliphatic carbocycles. The minimum absolute atomic E-state index is 0.138. The SMILES string of the molecule is CC1CN(C(=O)c2ccc(=O)[nH]n2)CC(C)N1. The summed E-state index contributed by atoms with van der Waals surface area (Å²) in [6.45, 7) is 5.39. The van der Waals surface area contributed by atoms with E-state index in [2.05, 4.69) is 15.5 Å². The lowest BCUT2D eigenvalue weighted by molar-refractivity contribution is 0.0666. The fourth-order valence-corrected chi connectivity index (χ4v) is 2.12. The number of aromatic amines is 1. The van der Waals surface area contributed by atoms with Gasteiger partial charge in [0.15, 0.2) is 0 Å². The monoisotopic (exact) mass is 236 g/mol. The summed E-state index contributed by atoms with van der Waals surface area (Å²) in [5, 5.41) is 9.38. The van der Waals surface area contributed by atoms with E-state index in [-0.39, 0.29) is 29.2 Å². The predicted molar refractivity (Wildman–Crippen MR) is 62.8 cm³/mol. The summed E-state index contributed by atoms with van der Waals surface area (Å²) in [4.78, 5) is 24.7. The van der Waals surface area contributed by atoms with Crippen molar-refractivity contribution in [2.75, 3.05) is 13.1 Å². The Bertz CT molecular complexity index is 440. The van der Waals surface area contributed by atoms with E-state index in [1.54, 1.807) is 4.90 Å². The van der Waals surface area contributed by atoms with Gasteiger partial charge in [0.25, 0.3) is 11.5 Å². The summed E-state index contributed by atoms with van der Waals surface area (Å²) in [6.07, 6.45) is 0. The number of H-pyrrole nitrogens is 1. The highest BCUT2D eigenvalue weighted by Crippen LogP contribution is 2.07. The molecule has 2 atom stereocenters. The molecule has 2 heterocycles. The summed E-state index contributed by atoms with van der Waals surface area (Å²) in [5.41, 5.74) is -0.0190. The zero-order valence-corrected chi connectivity index (χ0v) is 9.93. The molecule has 2 N–H and O–H groups in total. The third kappa shape index (κ3) is 2.71. The molecule has 17 heavy (non-hydrogen) atoms. The molecule has 6 heteroatoms. The molecule has 1 fully saturated rings. The van der Waals surface area contributed by atoms with E-state index in [4.69, 9.17) is 0 Å². The molecule has 0 aromatic carbocycles. The fraction of sp³-hybridized carbons (Fsp3) is 0.545. The second-order valence-electron chi connectivity index (χ2n) is 4.49. The van der Waals surface area contributed by atoms with E-state index >= 15 is 0 Å². The normalized spacial score (nSPS) is 24.7. The largest absolute Gasteiger partial charge is 0.334 e. The first-order chi connectivity index (χ1) is 8.06. The molecule has 1 aliphatic rings. The second-order valence-corrected chi connectivity index (χ2v) is 4.49. The maximum atomic E-state index is 12.1. The highest BCUT2D eigenvalue weighted by atomic mass is 16.2. The van der Waals surface area contributed by atoms with Crippen LogP contribution in [0.5, 0.6) is 0 Å². The van der Waals surface area contributed by atoms with Gasteiger partial charge in [0.1, 0.15) is 5.69 Å². The van der Waals surface area contributed by atoms with Crippen LogP contribution in [0.15, 0.2) is 16.9 Å². The number of nitrogens with zero attached hydrogens (tertiary/aromatic N) is 2. The van der Waals surface area contributed by atoms with Gasteiger partial charge in [-0.15, -0.1) is 0 Å². The number of nitrogens with one attached hydrogen (secondary N) is 2. The highest BCUT2D eigenvalue weighted by molar-refractivity contribution is 5.92. The van der Waals surface area contributed by atoms with E-state index in [9.17, 15) is 9.59 Å². The first-order valence-corrected chi connectivity index (χ1v) is 5.67. The Labute approximate surface area is 99.0 Å². The number of hydrogen-bond donors (Lipinski definition) is 2. The molecule has 0 bridgehead atoms. The summed E-state index contributed by atoms with van der Waals surface area (Å²) in [7, 11) is 0. The summed E-state index contributed by atoms with van der Waals surface area (Å²) >= 11 is 0. The Kier molecular flexibility index (Phi) is 3.23. The Hall–Kier alpha value is -1.69. The van der Waals surface area contributed by atoms with Crippen molar-refractivity contribution in [2.45, 2.75) is 25.9 Å². The van der Waals surface area contributed by atoms with Gasteiger partial charge in [-0.05, 0) is 19.9 Å². The Morgan fingerprint density at radius 3 is 2.53 bits per heavy atom. The van der Waals surface area contributed by atoms with E-state index < -0.39 is 0 Å². The average molecular weight is 236 g/mol. The van der Waals surface area contributed by atoms with Crippen LogP contribution in [-0.2, 0) is 0 Å². The predicted octanol–water partition coefficient (Wildman–Crippen LogP) is -0.408. The van der Waals surface area contributed by atoms with Crippen LogP contribution >= 0.6 is 0 Å². The average Bonchev–Trinajstić information content (AvgIpc) is 2.28. The first kappa shape index (κ1) is 11.8. The molecule has 2 rings (SSSR count). The van der Waals surface area contributed by atoms with Gasteiger partial charge >= 0.3 is 0 Å². The van der Waals surface area contributed by atoms with Crippen molar-refractivity contribution in [2.24, 2.45) is 0 Å². The van der Waals surface area contributed by atoms with Crippen LogP contribution in [-0.4, -0.2) is 46.2 Å². The number of carbonyl (C=O) groups excluding carboxylic acids is 1. The summed E-state index contributed by atoms with van der Waals surface area (Å²) < 4.78 is 0. The van der Waals surface area contributed by atoms with Crippen molar-refractivity contribution in [3.8, 4) is 0 Å². The van der Waals surface area contributed by atoms with Gasteiger partial charge in [-0.25, -0.2) is 5.10 Å². The molecule has 0 radical (unpaired) electrons. The molecule has 92 valence electrons. The Morgan fingerprint density at radius 2 is 2.00 bits per heavy atom. The van der Waals surface area contributed by atoms with Crippen LogP contribution in [0.4, 0.5) is 0 Å². The first-order valence-electron chi connectivity index (χ1n) is 5.67. The van der Waals surface area contributed by atoms with Crippen LogP contribution in [0.25, 0.3) is 0 Å². The van der Waals surface area contributed by atoms with Crippen molar-refractivity contribution >= 4 is 5.91 Å². The summed E-state index contributed by atoms with van der Waals surface area (Å²) in [5.74, 6) is -0.138. The number of aromatic nitrogens is 2. The number of amides is 1. The third-order valence-electron chi connectivity index (χ3n) is 2.74. The van der Waals surface area contributed by atoms with Crippen molar-refractivity contribution in [3.63, 3.8) is 0 Å². The number of piperazine rings is 1. The van der Waals surface area contributed by atoms with Gasteiger partial charge in [-0.1, -0.05) is 0 Å². The maximum Gasteiger partial charge on any atom is 0.274 e. The molecule has 0 spiro atoms. The molecular formula is C11H16N4O2. The Balaban J connectivity index is 2.14. The van der Waals surface area contributed by atoms with Crippen LogP contribution < -0.4 is 10.9 Å². The highest BCUT2D eigenvalue weighted by Gasteiger charge is 2.26. The van der Waals surface area contributed by atoms with Gasteiger partial charge in [-0.3, -0.25) is 9.59 Å². The van der Waals surface area contributed by atoms with Crippen LogP contribution in [0.2, 0.25) is 0 Å². The summed E-state index contributed by atoms with van der Waals surface area (Å²) in [6, 6.07) is 3.31. The van der Waals surface area contributed by atoms with E-state index in [0.29, 0.717) is 13.1 Å². The van der Waals surface area contributed by atoms with Gasteiger partial charge in [-0.2, -0.15) is 5.10 Å². The standard InChI is InChI=1S/C11H16N4O2/c1-7-5-15(6-8(2)12-7)11(17)9-3-4-10(16)14-13-9/h3-4,7-8,12H,5-6H2,1-2H3,(H,14,16). The number of hydrogen-bond acceptors (Lipinski definition) is 4. The van der Waals surface area contributed by atoms with E-state index in [0.717, 1.165) is 0 Å². The number of rotatable bonds is 1. The topological polar surface area (TPSA) is 78.1 Å². The molecule has 2 unspecified atom stereocenters. The number of carbonyl (C=O) groups is 1. The lowest BCUT2D eigenvalue weighted by atomic mass is 10.1. The molecule has 1 aromatic heterocycles. The lowest BCUT2D eigenvalue weighted by Crippen LogP contribution is -2.56. The third-order valence-corrected chi connectivity index (χ3v) is 2.74.